The first-order valence-corrected chi connectivity index (χ1v) is 5.36. The average Bonchev–Trinajstić information content (AvgIpc) is 2.58. The predicted molar refractivity (Wildman–Crippen MR) is 56.6 cm³/mol. The van der Waals surface area contributed by atoms with E-state index in [1.165, 1.54) is 23.5 Å². The van der Waals surface area contributed by atoms with Gasteiger partial charge in [-0.3, -0.25) is 0 Å². The van der Waals surface area contributed by atoms with Crippen LogP contribution >= 0.6 is 11.3 Å². The summed E-state index contributed by atoms with van der Waals surface area (Å²) in [5, 5.41) is 0.178. The van der Waals surface area contributed by atoms with Crippen molar-refractivity contribution >= 4 is 27.7 Å². The summed E-state index contributed by atoms with van der Waals surface area (Å²) < 4.78 is 38.5. The molecule has 0 N–H and O–H groups in total. The molecule has 0 amide bonds. The Hall–Kier alpha value is -1.36. The van der Waals surface area contributed by atoms with Crippen molar-refractivity contribution in [1.29, 1.82) is 0 Å². The van der Waals surface area contributed by atoms with E-state index in [-0.39, 0.29) is 11.8 Å². The standard InChI is InChI=1S/C11H7F3OS/c12-11(13,14)9-2-1-3-10-8(9)6-7(16-10)4-5-15/h1-3,5-6H,4H2. The summed E-state index contributed by atoms with van der Waals surface area (Å²) in [4.78, 5) is 11.0. The summed E-state index contributed by atoms with van der Waals surface area (Å²) in [7, 11) is 0. The van der Waals surface area contributed by atoms with Crippen molar-refractivity contribution in [1.82, 2.24) is 0 Å². The van der Waals surface area contributed by atoms with Gasteiger partial charge in [-0.25, -0.2) is 0 Å². The minimum Gasteiger partial charge on any atom is -0.303 e. The largest absolute Gasteiger partial charge is 0.417 e. The average molecular weight is 244 g/mol. The van der Waals surface area contributed by atoms with Crippen molar-refractivity contribution in [2.75, 3.05) is 0 Å². The first-order valence-electron chi connectivity index (χ1n) is 4.54. The molecule has 0 saturated heterocycles. The predicted octanol–water partition coefficient (Wildman–Crippen LogP) is 3.66. The van der Waals surface area contributed by atoms with Gasteiger partial charge in [0.2, 0.25) is 0 Å². The number of carbonyl (C=O) groups is 1. The number of rotatable bonds is 2. The Labute approximate surface area is 93.5 Å². The third-order valence-electron chi connectivity index (χ3n) is 2.20. The van der Waals surface area contributed by atoms with E-state index in [9.17, 15) is 18.0 Å². The van der Waals surface area contributed by atoms with E-state index >= 15 is 0 Å². The number of benzene rings is 1. The molecular weight excluding hydrogens is 237 g/mol. The second kappa shape index (κ2) is 3.90. The maximum Gasteiger partial charge on any atom is 0.417 e. The zero-order chi connectivity index (χ0) is 11.8. The van der Waals surface area contributed by atoms with E-state index in [0.29, 0.717) is 15.9 Å². The number of aldehydes is 1. The molecule has 0 bridgehead atoms. The van der Waals surface area contributed by atoms with Gasteiger partial charge in [-0.2, -0.15) is 13.2 Å². The minimum absolute atomic E-state index is 0.163. The maximum atomic E-state index is 12.6. The zero-order valence-corrected chi connectivity index (χ0v) is 8.86. The van der Waals surface area contributed by atoms with Crippen LogP contribution in [0.25, 0.3) is 10.1 Å². The number of halogens is 3. The van der Waals surface area contributed by atoms with Crippen LogP contribution in [0, 0.1) is 0 Å². The Bertz CT molecular complexity index is 527. The van der Waals surface area contributed by atoms with Crippen LogP contribution in [0.4, 0.5) is 13.2 Å². The summed E-state index contributed by atoms with van der Waals surface area (Å²) >= 11 is 1.22. The summed E-state index contributed by atoms with van der Waals surface area (Å²) in [6, 6.07) is 5.51. The molecule has 0 aliphatic heterocycles. The molecule has 1 nitrogen and oxygen atoms in total. The van der Waals surface area contributed by atoms with Gasteiger partial charge in [0.1, 0.15) is 6.29 Å². The fraction of sp³-hybridized carbons (Fsp3) is 0.182. The maximum absolute atomic E-state index is 12.6. The molecule has 5 heteroatoms. The van der Waals surface area contributed by atoms with E-state index in [1.54, 1.807) is 6.07 Å². The lowest BCUT2D eigenvalue weighted by molar-refractivity contribution is -0.136. The third kappa shape index (κ3) is 1.95. The molecule has 16 heavy (non-hydrogen) atoms. The summed E-state index contributed by atoms with van der Waals surface area (Å²) in [6.07, 6.45) is -3.49. The molecule has 0 spiro atoms. The highest BCUT2D eigenvalue weighted by molar-refractivity contribution is 7.19. The second-order valence-electron chi connectivity index (χ2n) is 3.30. The lowest BCUT2D eigenvalue weighted by Gasteiger charge is -2.06. The Morgan fingerprint density at radius 2 is 2.06 bits per heavy atom. The van der Waals surface area contributed by atoms with Gasteiger partial charge in [0.15, 0.2) is 0 Å². The van der Waals surface area contributed by atoms with E-state index in [0.717, 1.165) is 6.07 Å². The van der Waals surface area contributed by atoms with Crippen LogP contribution in [0.1, 0.15) is 10.4 Å². The molecule has 2 aromatic rings. The SMILES string of the molecule is O=CCc1cc2c(C(F)(F)F)cccc2s1. The molecule has 1 aromatic carbocycles. The number of carbonyl (C=O) groups excluding carboxylic acids is 1. The number of fused-ring (bicyclic) bond motifs is 1. The summed E-state index contributed by atoms with van der Waals surface area (Å²) in [5.74, 6) is 0. The van der Waals surface area contributed by atoms with Gasteiger partial charge in [0, 0.05) is 21.4 Å². The zero-order valence-electron chi connectivity index (χ0n) is 8.04. The van der Waals surface area contributed by atoms with Crippen molar-refractivity contribution in [2.24, 2.45) is 0 Å². The number of hydrogen-bond donors (Lipinski definition) is 0. The van der Waals surface area contributed by atoms with Gasteiger partial charge in [-0.15, -0.1) is 11.3 Å². The van der Waals surface area contributed by atoms with Crippen LogP contribution in [0.2, 0.25) is 0 Å². The van der Waals surface area contributed by atoms with Crippen LogP contribution < -0.4 is 0 Å². The van der Waals surface area contributed by atoms with Crippen molar-refractivity contribution in [3.63, 3.8) is 0 Å². The molecular formula is C11H7F3OS. The van der Waals surface area contributed by atoms with Crippen molar-refractivity contribution in [2.45, 2.75) is 12.6 Å². The highest BCUT2D eigenvalue weighted by atomic mass is 32.1. The topological polar surface area (TPSA) is 17.1 Å². The monoisotopic (exact) mass is 244 g/mol. The fourth-order valence-electron chi connectivity index (χ4n) is 1.54. The van der Waals surface area contributed by atoms with Gasteiger partial charge in [0.25, 0.3) is 0 Å². The minimum atomic E-state index is -4.35. The number of hydrogen-bond acceptors (Lipinski definition) is 2. The van der Waals surface area contributed by atoms with Gasteiger partial charge in [0.05, 0.1) is 5.56 Å². The molecule has 1 heterocycles. The number of alkyl halides is 3. The van der Waals surface area contributed by atoms with Gasteiger partial charge >= 0.3 is 6.18 Å². The van der Waals surface area contributed by atoms with E-state index in [2.05, 4.69) is 0 Å². The molecule has 0 unspecified atom stereocenters. The van der Waals surface area contributed by atoms with Crippen LogP contribution in [0.15, 0.2) is 24.3 Å². The molecule has 0 radical (unpaired) electrons. The van der Waals surface area contributed by atoms with Crippen LogP contribution in [-0.4, -0.2) is 6.29 Å². The Balaban J connectivity index is 2.63. The van der Waals surface area contributed by atoms with Crippen LogP contribution in [0.3, 0.4) is 0 Å². The molecule has 0 fully saturated rings. The third-order valence-corrected chi connectivity index (χ3v) is 3.33. The Morgan fingerprint density at radius 3 is 2.69 bits per heavy atom. The molecule has 2 rings (SSSR count). The highest BCUT2D eigenvalue weighted by Gasteiger charge is 2.32. The van der Waals surface area contributed by atoms with E-state index in [4.69, 9.17) is 0 Å². The Kier molecular flexibility index (Phi) is 2.71. The molecule has 0 atom stereocenters. The smallest absolute Gasteiger partial charge is 0.303 e. The summed E-state index contributed by atoms with van der Waals surface area (Å²) in [6.45, 7) is 0. The highest BCUT2D eigenvalue weighted by Crippen LogP contribution is 2.37. The fourth-order valence-corrected chi connectivity index (χ4v) is 2.58. The van der Waals surface area contributed by atoms with Crippen molar-refractivity contribution in [3.8, 4) is 0 Å². The quantitative estimate of drug-likeness (QED) is 0.737. The van der Waals surface area contributed by atoms with Crippen molar-refractivity contribution < 1.29 is 18.0 Å². The number of thiophene rings is 1. The molecule has 0 aliphatic carbocycles. The normalized spacial score (nSPS) is 11.9. The van der Waals surface area contributed by atoms with Gasteiger partial charge in [-0.05, 0) is 18.2 Å². The second-order valence-corrected chi connectivity index (χ2v) is 4.47. The summed E-state index contributed by atoms with van der Waals surface area (Å²) in [5.41, 5.74) is -0.640. The van der Waals surface area contributed by atoms with Crippen LogP contribution in [0.5, 0.6) is 0 Å². The first kappa shape index (κ1) is 11.1. The molecule has 84 valence electrons. The lowest BCUT2D eigenvalue weighted by atomic mass is 10.1. The van der Waals surface area contributed by atoms with E-state index < -0.39 is 11.7 Å². The van der Waals surface area contributed by atoms with Crippen LogP contribution in [-0.2, 0) is 17.4 Å². The molecule has 1 aromatic heterocycles. The first-order chi connectivity index (χ1) is 7.52. The van der Waals surface area contributed by atoms with E-state index in [1.807, 2.05) is 0 Å². The molecule has 0 saturated carbocycles. The van der Waals surface area contributed by atoms with Gasteiger partial charge < -0.3 is 4.79 Å². The van der Waals surface area contributed by atoms with Gasteiger partial charge in [-0.1, -0.05) is 6.07 Å². The van der Waals surface area contributed by atoms with Crippen molar-refractivity contribution in [3.05, 3.63) is 34.7 Å². The Morgan fingerprint density at radius 1 is 1.31 bits per heavy atom. The lowest BCUT2D eigenvalue weighted by Crippen LogP contribution is -2.04. The molecule has 0 aliphatic rings.